The van der Waals surface area contributed by atoms with Crippen LogP contribution in [0.3, 0.4) is 0 Å². The molecule has 0 saturated heterocycles. The van der Waals surface area contributed by atoms with E-state index >= 15 is 0 Å². The number of carbonyl (C=O) groups excluding carboxylic acids is 1. The molecule has 0 aliphatic rings. The highest BCUT2D eigenvalue weighted by Gasteiger charge is 2.10. The average molecular weight is 261 g/mol. The highest BCUT2D eigenvalue weighted by Crippen LogP contribution is 2.20. The van der Waals surface area contributed by atoms with Crippen molar-refractivity contribution in [3.05, 3.63) is 58.6 Å². The van der Waals surface area contributed by atoms with Crippen LogP contribution >= 0.6 is 11.6 Å². The van der Waals surface area contributed by atoms with Crippen LogP contribution in [-0.4, -0.2) is 5.91 Å². The molecule has 3 nitrogen and oxygen atoms in total. The van der Waals surface area contributed by atoms with Gasteiger partial charge in [0.15, 0.2) is 0 Å². The number of hydrogen-bond acceptors (Lipinski definition) is 2. The molecule has 0 saturated carbocycles. The second kappa shape index (κ2) is 5.10. The largest absolute Gasteiger partial charge is 0.399 e. The van der Waals surface area contributed by atoms with Gasteiger partial charge in [-0.1, -0.05) is 29.3 Å². The molecule has 0 spiro atoms. The zero-order valence-corrected chi connectivity index (χ0v) is 10.7. The summed E-state index contributed by atoms with van der Waals surface area (Å²) in [5, 5.41) is 3.16. The zero-order valence-electron chi connectivity index (χ0n) is 9.91. The van der Waals surface area contributed by atoms with Crippen molar-refractivity contribution in [1.82, 2.24) is 0 Å². The molecule has 2 aromatic rings. The van der Waals surface area contributed by atoms with Crippen LogP contribution in [0.5, 0.6) is 0 Å². The fraction of sp³-hybridized carbons (Fsp3) is 0.0714. The Hall–Kier alpha value is -2.00. The van der Waals surface area contributed by atoms with Crippen LogP contribution < -0.4 is 11.1 Å². The van der Waals surface area contributed by atoms with E-state index in [2.05, 4.69) is 5.32 Å². The van der Waals surface area contributed by atoms with Gasteiger partial charge < -0.3 is 11.1 Å². The number of nitrogens with one attached hydrogen (secondary N) is 1. The Kier molecular flexibility index (Phi) is 3.53. The number of anilines is 2. The predicted molar refractivity (Wildman–Crippen MR) is 75.0 cm³/mol. The lowest BCUT2D eigenvalue weighted by atomic mass is 10.1. The van der Waals surface area contributed by atoms with Gasteiger partial charge in [0.25, 0.3) is 5.91 Å². The van der Waals surface area contributed by atoms with E-state index in [4.69, 9.17) is 17.3 Å². The van der Waals surface area contributed by atoms with Crippen molar-refractivity contribution >= 4 is 28.9 Å². The molecule has 3 N–H and O–H groups in total. The monoisotopic (exact) mass is 260 g/mol. The first-order valence-electron chi connectivity index (χ1n) is 5.49. The van der Waals surface area contributed by atoms with E-state index in [-0.39, 0.29) is 5.91 Å². The summed E-state index contributed by atoms with van der Waals surface area (Å²) in [4.78, 5) is 12.0. The number of amides is 1. The maximum Gasteiger partial charge on any atom is 0.257 e. The van der Waals surface area contributed by atoms with Gasteiger partial charge in [-0.25, -0.2) is 0 Å². The summed E-state index contributed by atoms with van der Waals surface area (Å²) in [6.07, 6.45) is 0. The predicted octanol–water partition coefficient (Wildman–Crippen LogP) is 3.48. The van der Waals surface area contributed by atoms with E-state index in [1.807, 2.05) is 31.2 Å². The Morgan fingerprint density at radius 1 is 1.17 bits per heavy atom. The first kappa shape index (κ1) is 12.5. The summed E-state index contributed by atoms with van der Waals surface area (Å²) in [7, 11) is 0. The first-order chi connectivity index (χ1) is 8.56. The van der Waals surface area contributed by atoms with Gasteiger partial charge in [-0.05, 0) is 37.3 Å². The van der Waals surface area contributed by atoms with Gasteiger partial charge in [-0.2, -0.15) is 0 Å². The van der Waals surface area contributed by atoms with E-state index in [9.17, 15) is 4.79 Å². The summed E-state index contributed by atoms with van der Waals surface area (Å²) in [6.45, 7) is 1.99. The van der Waals surface area contributed by atoms with Gasteiger partial charge in [-0.15, -0.1) is 0 Å². The minimum absolute atomic E-state index is 0.267. The summed E-state index contributed by atoms with van der Waals surface area (Å²) < 4.78 is 0. The van der Waals surface area contributed by atoms with Crippen LogP contribution in [0.1, 0.15) is 15.9 Å². The van der Waals surface area contributed by atoms with E-state index in [1.165, 1.54) is 0 Å². The molecule has 0 heterocycles. The maximum absolute atomic E-state index is 12.0. The lowest BCUT2D eigenvalue weighted by Gasteiger charge is -2.07. The fourth-order valence-corrected chi connectivity index (χ4v) is 1.76. The summed E-state index contributed by atoms with van der Waals surface area (Å²) in [5.74, 6) is -0.267. The number of nitrogens with two attached hydrogens (primary N) is 1. The van der Waals surface area contributed by atoms with Crippen LogP contribution in [0.15, 0.2) is 42.5 Å². The molecule has 2 aromatic carbocycles. The van der Waals surface area contributed by atoms with Crippen molar-refractivity contribution in [2.45, 2.75) is 6.92 Å². The van der Waals surface area contributed by atoms with Gasteiger partial charge >= 0.3 is 0 Å². The van der Waals surface area contributed by atoms with Crippen molar-refractivity contribution in [2.75, 3.05) is 11.1 Å². The van der Waals surface area contributed by atoms with E-state index in [0.717, 1.165) is 11.3 Å². The second-order valence-corrected chi connectivity index (χ2v) is 4.47. The topological polar surface area (TPSA) is 55.1 Å². The lowest BCUT2D eigenvalue weighted by Crippen LogP contribution is -2.12. The van der Waals surface area contributed by atoms with Gasteiger partial charge in [0.1, 0.15) is 0 Å². The number of rotatable bonds is 2. The maximum atomic E-state index is 12.0. The van der Waals surface area contributed by atoms with Gasteiger partial charge in [0, 0.05) is 11.4 Å². The first-order valence-corrected chi connectivity index (χ1v) is 5.87. The molecule has 18 heavy (non-hydrogen) atoms. The number of carbonyl (C=O) groups is 1. The molecule has 0 aliphatic carbocycles. The molecule has 0 aliphatic heterocycles. The molecule has 2 rings (SSSR count). The fourth-order valence-electron chi connectivity index (χ4n) is 1.55. The Morgan fingerprint density at radius 3 is 2.50 bits per heavy atom. The molecule has 4 heteroatoms. The third kappa shape index (κ3) is 2.81. The minimum Gasteiger partial charge on any atom is -0.399 e. The molecule has 0 atom stereocenters. The highest BCUT2D eigenvalue weighted by atomic mass is 35.5. The Bertz CT molecular complexity index is 579. The third-order valence-corrected chi connectivity index (χ3v) is 2.87. The van der Waals surface area contributed by atoms with Crippen LogP contribution in [-0.2, 0) is 0 Å². The molecule has 0 radical (unpaired) electrons. The molecule has 0 fully saturated rings. The quantitative estimate of drug-likeness (QED) is 0.812. The zero-order chi connectivity index (χ0) is 13.1. The van der Waals surface area contributed by atoms with E-state index in [0.29, 0.717) is 16.3 Å². The molecular formula is C14H13ClN2O. The van der Waals surface area contributed by atoms with Crippen molar-refractivity contribution in [2.24, 2.45) is 0 Å². The van der Waals surface area contributed by atoms with Crippen LogP contribution in [0.4, 0.5) is 11.4 Å². The van der Waals surface area contributed by atoms with Crippen LogP contribution in [0.25, 0.3) is 0 Å². The van der Waals surface area contributed by atoms with Gasteiger partial charge in [-0.3, -0.25) is 4.79 Å². The van der Waals surface area contributed by atoms with Gasteiger partial charge in [0.05, 0.1) is 10.6 Å². The van der Waals surface area contributed by atoms with Crippen molar-refractivity contribution in [1.29, 1.82) is 0 Å². The average Bonchev–Trinajstić information content (AvgIpc) is 2.35. The molecule has 0 unspecified atom stereocenters. The lowest BCUT2D eigenvalue weighted by molar-refractivity contribution is 0.102. The van der Waals surface area contributed by atoms with Crippen molar-refractivity contribution in [3.63, 3.8) is 0 Å². The smallest absolute Gasteiger partial charge is 0.257 e. The minimum atomic E-state index is -0.267. The Morgan fingerprint density at radius 2 is 1.83 bits per heavy atom. The van der Waals surface area contributed by atoms with E-state index < -0.39 is 0 Å². The Balaban J connectivity index is 2.21. The summed E-state index contributed by atoms with van der Waals surface area (Å²) >= 11 is 5.97. The van der Waals surface area contributed by atoms with Crippen molar-refractivity contribution < 1.29 is 4.79 Å². The SMILES string of the molecule is Cc1ccc(NC(=O)c2cc(N)ccc2Cl)cc1. The molecule has 0 aromatic heterocycles. The van der Waals surface area contributed by atoms with E-state index in [1.54, 1.807) is 18.2 Å². The number of hydrogen-bond donors (Lipinski definition) is 2. The molecule has 92 valence electrons. The molecular weight excluding hydrogens is 248 g/mol. The number of nitrogen functional groups attached to an aromatic ring is 1. The van der Waals surface area contributed by atoms with Crippen LogP contribution in [0.2, 0.25) is 5.02 Å². The third-order valence-electron chi connectivity index (χ3n) is 2.54. The standard InChI is InChI=1S/C14H13ClN2O/c1-9-2-5-11(6-3-9)17-14(18)12-8-10(16)4-7-13(12)15/h2-8H,16H2,1H3,(H,17,18). The molecule has 0 bridgehead atoms. The summed E-state index contributed by atoms with van der Waals surface area (Å²) in [5.41, 5.74) is 8.38. The second-order valence-electron chi connectivity index (χ2n) is 4.06. The number of benzene rings is 2. The van der Waals surface area contributed by atoms with Gasteiger partial charge in [0.2, 0.25) is 0 Å². The highest BCUT2D eigenvalue weighted by molar-refractivity contribution is 6.34. The number of aryl methyl sites for hydroxylation is 1. The van der Waals surface area contributed by atoms with Crippen molar-refractivity contribution in [3.8, 4) is 0 Å². The Labute approximate surface area is 111 Å². The summed E-state index contributed by atoms with van der Waals surface area (Å²) in [6, 6.07) is 12.4. The normalized spacial score (nSPS) is 10.1. The molecule has 1 amide bonds. The number of halogens is 1. The van der Waals surface area contributed by atoms with Crippen LogP contribution in [0, 0.1) is 6.92 Å².